The molecule has 1 heterocycles. The van der Waals surface area contributed by atoms with Crippen LogP contribution in [-0.4, -0.2) is 35.6 Å². The van der Waals surface area contributed by atoms with E-state index in [4.69, 9.17) is 4.74 Å². The number of fused-ring (bicyclic) bond motifs is 1. The van der Waals surface area contributed by atoms with Crippen molar-refractivity contribution in [3.63, 3.8) is 0 Å². The Morgan fingerprint density at radius 2 is 2.00 bits per heavy atom. The molecule has 132 valence electrons. The van der Waals surface area contributed by atoms with E-state index in [2.05, 4.69) is 11.4 Å². The third-order valence-corrected chi connectivity index (χ3v) is 5.51. The van der Waals surface area contributed by atoms with Crippen LogP contribution in [-0.2, 0) is 4.79 Å². The SMILES string of the molecule is COc1cc(C2c3cc(SC)ccc3NC(C(=O)O)C2C)ccc1O. The average molecular weight is 359 g/mol. The zero-order valence-corrected chi connectivity index (χ0v) is 15.1. The minimum absolute atomic E-state index is 0.0701. The van der Waals surface area contributed by atoms with Crippen LogP contribution < -0.4 is 10.1 Å². The number of carboxylic acids is 1. The van der Waals surface area contributed by atoms with E-state index in [-0.39, 0.29) is 17.6 Å². The number of aromatic hydroxyl groups is 1. The summed E-state index contributed by atoms with van der Waals surface area (Å²) in [7, 11) is 1.50. The van der Waals surface area contributed by atoms with Crippen LogP contribution in [0.4, 0.5) is 5.69 Å². The number of hydrogen-bond acceptors (Lipinski definition) is 5. The van der Waals surface area contributed by atoms with Crippen molar-refractivity contribution >= 4 is 23.4 Å². The molecule has 2 aromatic carbocycles. The summed E-state index contributed by atoms with van der Waals surface area (Å²) >= 11 is 1.65. The Kier molecular flexibility index (Phi) is 4.81. The van der Waals surface area contributed by atoms with Crippen LogP contribution >= 0.6 is 11.8 Å². The number of nitrogens with one attached hydrogen (secondary N) is 1. The monoisotopic (exact) mass is 359 g/mol. The van der Waals surface area contributed by atoms with Gasteiger partial charge in [0, 0.05) is 16.5 Å². The number of aliphatic carboxylic acids is 1. The highest BCUT2D eigenvalue weighted by atomic mass is 32.2. The molecule has 0 bridgehead atoms. The number of anilines is 1. The van der Waals surface area contributed by atoms with Crippen LogP contribution in [0.15, 0.2) is 41.3 Å². The minimum atomic E-state index is -0.872. The number of methoxy groups -OCH3 is 1. The molecule has 6 heteroatoms. The molecule has 5 nitrogen and oxygen atoms in total. The van der Waals surface area contributed by atoms with Gasteiger partial charge >= 0.3 is 5.97 Å². The number of rotatable bonds is 4. The quantitative estimate of drug-likeness (QED) is 0.721. The topological polar surface area (TPSA) is 78.8 Å². The van der Waals surface area contributed by atoms with E-state index in [1.807, 2.05) is 31.4 Å². The molecule has 0 saturated heterocycles. The molecule has 0 saturated carbocycles. The molecule has 25 heavy (non-hydrogen) atoms. The first-order valence-corrected chi connectivity index (χ1v) is 9.23. The van der Waals surface area contributed by atoms with Crippen molar-refractivity contribution in [3.8, 4) is 11.5 Å². The van der Waals surface area contributed by atoms with Gasteiger partial charge < -0.3 is 20.3 Å². The Hall–Kier alpha value is -2.34. The van der Waals surface area contributed by atoms with E-state index in [1.165, 1.54) is 7.11 Å². The lowest BCUT2D eigenvalue weighted by Gasteiger charge is -2.37. The molecule has 0 amide bonds. The van der Waals surface area contributed by atoms with Crippen molar-refractivity contribution in [1.29, 1.82) is 0 Å². The number of phenolic OH excluding ortho intramolecular Hbond substituents is 1. The Morgan fingerprint density at radius 3 is 2.64 bits per heavy atom. The van der Waals surface area contributed by atoms with Crippen molar-refractivity contribution in [1.82, 2.24) is 0 Å². The number of ether oxygens (including phenoxy) is 1. The Balaban J connectivity index is 2.17. The molecule has 1 aliphatic rings. The highest BCUT2D eigenvalue weighted by Crippen LogP contribution is 2.45. The zero-order valence-electron chi connectivity index (χ0n) is 14.3. The van der Waals surface area contributed by atoms with Gasteiger partial charge in [-0.1, -0.05) is 13.0 Å². The summed E-state index contributed by atoms with van der Waals surface area (Å²) in [4.78, 5) is 12.8. The summed E-state index contributed by atoms with van der Waals surface area (Å²) in [5.41, 5.74) is 2.82. The van der Waals surface area contributed by atoms with Gasteiger partial charge in [0.25, 0.3) is 0 Å². The molecule has 0 spiro atoms. The lowest BCUT2D eigenvalue weighted by Crippen LogP contribution is -2.42. The van der Waals surface area contributed by atoms with E-state index in [0.717, 1.165) is 21.7 Å². The smallest absolute Gasteiger partial charge is 0.326 e. The molecule has 0 fully saturated rings. The molecule has 0 aromatic heterocycles. The number of benzene rings is 2. The summed E-state index contributed by atoms with van der Waals surface area (Å²) in [5.74, 6) is -0.698. The fourth-order valence-electron chi connectivity index (χ4n) is 3.49. The Morgan fingerprint density at radius 1 is 1.24 bits per heavy atom. The van der Waals surface area contributed by atoms with Crippen molar-refractivity contribution < 1.29 is 19.7 Å². The third-order valence-electron chi connectivity index (χ3n) is 4.79. The van der Waals surface area contributed by atoms with Crippen LogP contribution in [0.1, 0.15) is 24.0 Å². The molecule has 3 atom stereocenters. The first-order valence-electron chi connectivity index (χ1n) is 8.00. The lowest BCUT2D eigenvalue weighted by atomic mass is 9.74. The summed E-state index contributed by atoms with van der Waals surface area (Å²) in [6.45, 7) is 1.94. The Labute approximate surface area is 151 Å². The Bertz CT molecular complexity index is 808. The molecule has 0 aliphatic carbocycles. The van der Waals surface area contributed by atoms with Gasteiger partial charge in [-0.25, -0.2) is 4.79 Å². The van der Waals surface area contributed by atoms with Crippen molar-refractivity contribution in [2.45, 2.75) is 23.8 Å². The van der Waals surface area contributed by atoms with E-state index >= 15 is 0 Å². The molecule has 3 N–H and O–H groups in total. The second-order valence-corrected chi connectivity index (χ2v) is 7.06. The zero-order chi connectivity index (χ0) is 18.1. The van der Waals surface area contributed by atoms with Gasteiger partial charge in [0.15, 0.2) is 11.5 Å². The van der Waals surface area contributed by atoms with Crippen LogP contribution in [0.2, 0.25) is 0 Å². The molecule has 3 rings (SSSR count). The highest BCUT2D eigenvalue weighted by molar-refractivity contribution is 7.98. The number of hydrogen-bond donors (Lipinski definition) is 3. The van der Waals surface area contributed by atoms with Crippen LogP contribution in [0.25, 0.3) is 0 Å². The van der Waals surface area contributed by atoms with Gasteiger partial charge in [-0.2, -0.15) is 0 Å². The highest BCUT2D eigenvalue weighted by Gasteiger charge is 2.38. The van der Waals surface area contributed by atoms with Crippen LogP contribution in [0.5, 0.6) is 11.5 Å². The molecule has 0 radical (unpaired) electrons. The summed E-state index contributed by atoms with van der Waals surface area (Å²) in [5, 5.41) is 22.6. The second kappa shape index (κ2) is 6.88. The molecular formula is C19H21NO4S. The van der Waals surface area contributed by atoms with Crippen LogP contribution in [0.3, 0.4) is 0 Å². The largest absolute Gasteiger partial charge is 0.504 e. The van der Waals surface area contributed by atoms with Crippen molar-refractivity contribution in [2.75, 3.05) is 18.7 Å². The standard InChI is InChI=1S/C19H21NO4S/c1-10-17(11-4-7-15(21)16(8-11)24-2)13-9-12(25-3)5-6-14(13)20-18(10)19(22)23/h4-10,17-18,20-21H,1-3H3,(H,22,23). The second-order valence-electron chi connectivity index (χ2n) is 6.18. The maximum Gasteiger partial charge on any atom is 0.326 e. The van der Waals surface area contributed by atoms with Gasteiger partial charge in [0.05, 0.1) is 7.11 Å². The van der Waals surface area contributed by atoms with E-state index in [0.29, 0.717) is 5.75 Å². The van der Waals surface area contributed by atoms with Gasteiger partial charge in [-0.05, 0) is 53.6 Å². The maximum absolute atomic E-state index is 11.7. The number of carbonyl (C=O) groups is 1. The first-order chi connectivity index (χ1) is 12.0. The molecule has 2 aromatic rings. The van der Waals surface area contributed by atoms with E-state index in [1.54, 1.807) is 23.9 Å². The third kappa shape index (κ3) is 3.14. The average Bonchev–Trinajstić information content (AvgIpc) is 2.61. The fraction of sp³-hybridized carbons (Fsp3) is 0.316. The number of carboxylic acid groups (broad SMARTS) is 1. The van der Waals surface area contributed by atoms with Crippen molar-refractivity contribution in [2.24, 2.45) is 5.92 Å². The van der Waals surface area contributed by atoms with E-state index < -0.39 is 12.0 Å². The number of phenols is 1. The lowest BCUT2D eigenvalue weighted by molar-refractivity contribution is -0.139. The normalized spacial score (nSPS) is 22.0. The first kappa shape index (κ1) is 17.5. The maximum atomic E-state index is 11.7. The van der Waals surface area contributed by atoms with Gasteiger partial charge in [0.2, 0.25) is 0 Å². The molecule has 3 unspecified atom stereocenters. The van der Waals surface area contributed by atoms with Crippen LogP contribution in [0, 0.1) is 5.92 Å². The molecule has 1 aliphatic heterocycles. The molecular weight excluding hydrogens is 338 g/mol. The van der Waals surface area contributed by atoms with Gasteiger partial charge in [-0.3, -0.25) is 0 Å². The number of thioether (sulfide) groups is 1. The summed E-state index contributed by atoms with van der Waals surface area (Å²) in [6.07, 6.45) is 2.01. The minimum Gasteiger partial charge on any atom is -0.504 e. The van der Waals surface area contributed by atoms with Gasteiger partial charge in [0.1, 0.15) is 6.04 Å². The van der Waals surface area contributed by atoms with E-state index in [9.17, 15) is 15.0 Å². The predicted octanol–water partition coefficient (Wildman–Crippen LogP) is 3.77. The van der Waals surface area contributed by atoms with Crippen molar-refractivity contribution in [3.05, 3.63) is 47.5 Å². The summed E-state index contributed by atoms with van der Waals surface area (Å²) in [6, 6.07) is 10.6. The fourth-order valence-corrected chi connectivity index (χ4v) is 3.94. The predicted molar refractivity (Wildman–Crippen MR) is 98.9 cm³/mol. The van der Waals surface area contributed by atoms with Gasteiger partial charge in [-0.15, -0.1) is 11.8 Å². The summed E-state index contributed by atoms with van der Waals surface area (Å²) < 4.78 is 5.23.